The van der Waals surface area contributed by atoms with Gasteiger partial charge in [-0.2, -0.15) is 5.10 Å². The van der Waals surface area contributed by atoms with Gasteiger partial charge in [0.25, 0.3) is 0 Å². The van der Waals surface area contributed by atoms with Gasteiger partial charge in [-0.3, -0.25) is 5.10 Å². The summed E-state index contributed by atoms with van der Waals surface area (Å²) < 4.78 is 6.19. The molecule has 0 radical (unpaired) electrons. The van der Waals surface area contributed by atoms with Crippen molar-refractivity contribution in [2.24, 2.45) is 0 Å². The van der Waals surface area contributed by atoms with E-state index in [1.54, 1.807) is 13.3 Å². The Morgan fingerprint density at radius 2 is 2.27 bits per heavy atom. The Kier molecular flexibility index (Phi) is 2.64. The van der Waals surface area contributed by atoms with E-state index in [2.05, 4.69) is 26.1 Å². The van der Waals surface area contributed by atoms with Crippen LogP contribution in [0.15, 0.2) is 28.9 Å². The van der Waals surface area contributed by atoms with Gasteiger partial charge in [-0.25, -0.2) is 0 Å². The third-order valence-electron chi connectivity index (χ3n) is 2.11. The Hall–Kier alpha value is -1.49. The first-order valence-corrected chi connectivity index (χ1v) is 5.15. The number of methoxy groups -OCH3 is 1. The molecule has 4 nitrogen and oxygen atoms in total. The first-order chi connectivity index (χ1) is 7.24. The standard InChI is InChI=1S/C10H10BrN3O/c1-15-10-6(3-2-4-7(10)11)9-8(12)5-13-14-9/h2-5H,12H2,1H3,(H,13,14). The van der Waals surface area contributed by atoms with Crippen LogP contribution in [0.5, 0.6) is 5.75 Å². The van der Waals surface area contributed by atoms with E-state index < -0.39 is 0 Å². The van der Waals surface area contributed by atoms with Crippen LogP contribution in [-0.2, 0) is 0 Å². The molecule has 0 aliphatic carbocycles. The number of hydrogen-bond acceptors (Lipinski definition) is 3. The van der Waals surface area contributed by atoms with Gasteiger partial charge >= 0.3 is 0 Å². The molecule has 0 aliphatic rings. The number of rotatable bonds is 2. The number of aromatic nitrogens is 2. The number of aromatic amines is 1. The van der Waals surface area contributed by atoms with E-state index >= 15 is 0 Å². The monoisotopic (exact) mass is 267 g/mol. The SMILES string of the molecule is COc1c(Br)cccc1-c1[nH]ncc1N. The maximum atomic E-state index is 5.78. The molecule has 0 saturated heterocycles. The number of benzene rings is 1. The third kappa shape index (κ3) is 1.70. The Labute approximate surface area is 95.6 Å². The maximum Gasteiger partial charge on any atom is 0.142 e. The molecule has 0 unspecified atom stereocenters. The number of nitrogens with two attached hydrogens (primary N) is 1. The number of para-hydroxylation sites is 1. The van der Waals surface area contributed by atoms with Crippen LogP contribution < -0.4 is 10.5 Å². The molecule has 0 saturated carbocycles. The molecule has 15 heavy (non-hydrogen) atoms. The van der Waals surface area contributed by atoms with Crippen molar-refractivity contribution in [2.75, 3.05) is 12.8 Å². The Bertz CT molecular complexity index is 481. The van der Waals surface area contributed by atoms with E-state index in [1.165, 1.54) is 0 Å². The summed E-state index contributed by atoms with van der Waals surface area (Å²) in [6.07, 6.45) is 1.58. The number of hydrogen-bond donors (Lipinski definition) is 2. The number of ether oxygens (including phenoxy) is 1. The molecule has 0 amide bonds. The fourth-order valence-electron chi connectivity index (χ4n) is 1.42. The number of anilines is 1. The maximum absolute atomic E-state index is 5.78. The van der Waals surface area contributed by atoms with Crippen molar-refractivity contribution in [2.45, 2.75) is 0 Å². The quantitative estimate of drug-likeness (QED) is 0.879. The average molecular weight is 268 g/mol. The summed E-state index contributed by atoms with van der Waals surface area (Å²) in [5.74, 6) is 0.744. The molecule has 1 heterocycles. The van der Waals surface area contributed by atoms with Crippen LogP contribution in [0.1, 0.15) is 0 Å². The minimum atomic E-state index is 0.603. The average Bonchev–Trinajstić information content (AvgIpc) is 2.64. The topological polar surface area (TPSA) is 63.9 Å². The summed E-state index contributed by atoms with van der Waals surface area (Å²) in [6.45, 7) is 0. The molecule has 3 N–H and O–H groups in total. The van der Waals surface area contributed by atoms with Crippen molar-refractivity contribution >= 4 is 21.6 Å². The second kappa shape index (κ2) is 3.94. The van der Waals surface area contributed by atoms with E-state index in [4.69, 9.17) is 10.5 Å². The van der Waals surface area contributed by atoms with Gasteiger partial charge in [-0.05, 0) is 28.1 Å². The lowest BCUT2D eigenvalue weighted by atomic mass is 10.1. The van der Waals surface area contributed by atoms with Crippen LogP contribution >= 0.6 is 15.9 Å². The first kappa shape index (κ1) is 10.0. The van der Waals surface area contributed by atoms with Gasteiger partial charge < -0.3 is 10.5 Å². The molecule has 78 valence electrons. The summed E-state index contributed by atoms with van der Waals surface area (Å²) >= 11 is 3.42. The highest BCUT2D eigenvalue weighted by molar-refractivity contribution is 9.10. The van der Waals surface area contributed by atoms with Crippen molar-refractivity contribution in [3.63, 3.8) is 0 Å². The summed E-state index contributed by atoms with van der Waals surface area (Å²) in [7, 11) is 1.62. The normalized spacial score (nSPS) is 10.3. The summed E-state index contributed by atoms with van der Waals surface area (Å²) in [5.41, 5.74) is 8.05. The molecule has 0 fully saturated rings. The fourth-order valence-corrected chi connectivity index (χ4v) is 1.95. The zero-order chi connectivity index (χ0) is 10.8. The Balaban J connectivity index is 2.63. The minimum Gasteiger partial charge on any atom is -0.495 e. The van der Waals surface area contributed by atoms with Crippen molar-refractivity contribution in [1.82, 2.24) is 10.2 Å². The minimum absolute atomic E-state index is 0.603. The fraction of sp³-hybridized carbons (Fsp3) is 0.100. The van der Waals surface area contributed by atoms with Gasteiger partial charge in [-0.1, -0.05) is 6.07 Å². The number of nitrogens with one attached hydrogen (secondary N) is 1. The van der Waals surface area contributed by atoms with Gasteiger partial charge in [0.2, 0.25) is 0 Å². The first-order valence-electron chi connectivity index (χ1n) is 4.35. The van der Waals surface area contributed by atoms with Gasteiger partial charge in [0.15, 0.2) is 0 Å². The second-order valence-corrected chi connectivity index (χ2v) is 3.88. The van der Waals surface area contributed by atoms with Crippen molar-refractivity contribution < 1.29 is 4.74 Å². The lowest BCUT2D eigenvalue weighted by Crippen LogP contribution is -1.92. The predicted octanol–water partition coefficient (Wildman–Crippen LogP) is 2.43. The Morgan fingerprint density at radius 3 is 2.87 bits per heavy atom. The van der Waals surface area contributed by atoms with Crippen molar-refractivity contribution in [1.29, 1.82) is 0 Å². The summed E-state index contributed by atoms with van der Waals surface area (Å²) in [5, 5.41) is 6.73. The van der Waals surface area contributed by atoms with Crippen molar-refractivity contribution in [3.8, 4) is 17.0 Å². The van der Waals surface area contributed by atoms with E-state index in [-0.39, 0.29) is 0 Å². The zero-order valence-electron chi connectivity index (χ0n) is 8.12. The molecule has 1 aromatic heterocycles. The molecule has 0 atom stereocenters. The summed E-state index contributed by atoms with van der Waals surface area (Å²) in [4.78, 5) is 0. The number of halogens is 1. The van der Waals surface area contributed by atoms with Gasteiger partial charge in [-0.15, -0.1) is 0 Å². The van der Waals surface area contributed by atoms with Crippen LogP contribution in [0.2, 0.25) is 0 Å². The van der Waals surface area contributed by atoms with E-state index in [0.717, 1.165) is 21.5 Å². The highest BCUT2D eigenvalue weighted by atomic mass is 79.9. The van der Waals surface area contributed by atoms with E-state index in [0.29, 0.717) is 5.69 Å². The largest absolute Gasteiger partial charge is 0.495 e. The highest BCUT2D eigenvalue weighted by Gasteiger charge is 2.12. The summed E-state index contributed by atoms with van der Waals surface area (Å²) in [6, 6.07) is 5.75. The smallest absolute Gasteiger partial charge is 0.142 e. The second-order valence-electron chi connectivity index (χ2n) is 3.02. The van der Waals surface area contributed by atoms with E-state index in [1.807, 2.05) is 18.2 Å². The molecule has 0 bridgehead atoms. The molecule has 2 aromatic rings. The lowest BCUT2D eigenvalue weighted by Gasteiger charge is -2.09. The van der Waals surface area contributed by atoms with Crippen LogP contribution in [0.4, 0.5) is 5.69 Å². The lowest BCUT2D eigenvalue weighted by molar-refractivity contribution is 0.413. The van der Waals surface area contributed by atoms with E-state index in [9.17, 15) is 0 Å². The number of nitrogen functional groups attached to an aromatic ring is 1. The van der Waals surface area contributed by atoms with Gasteiger partial charge in [0.05, 0.1) is 29.2 Å². The number of H-pyrrole nitrogens is 1. The van der Waals surface area contributed by atoms with Crippen LogP contribution in [0.3, 0.4) is 0 Å². The van der Waals surface area contributed by atoms with Crippen LogP contribution in [-0.4, -0.2) is 17.3 Å². The molecule has 0 spiro atoms. The molecular formula is C10H10BrN3O. The molecular weight excluding hydrogens is 258 g/mol. The predicted molar refractivity (Wildman–Crippen MR) is 62.7 cm³/mol. The van der Waals surface area contributed by atoms with Crippen LogP contribution in [0, 0.1) is 0 Å². The molecule has 5 heteroatoms. The zero-order valence-corrected chi connectivity index (χ0v) is 9.71. The van der Waals surface area contributed by atoms with Gasteiger partial charge in [0, 0.05) is 5.56 Å². The molecule has 0 aliphatic heterocycles. The molecule has 1 aromatic carbocycles. The number of nitrogens with zero attached hydrogens (tertiary/aromatic N) is 1. The third-order valence-corrected chi connectivity index (χ3v) is 2.73. The highest BCUT2D eigenvalue weighted by Crippen LogP contribution is 2.37. The van der Waals surface area contributed by atoms with Crippen LogP contribution in [0.25, 0.3) is 11.3 Å². The van der Waals surface area contributed by atoms with Crippen molar-refractivity contribution in [3.05, 3.63) is 28.9 Å². The van der Waals surface area contributed by atoms with Gasteiger partial charge in [0.1, 0.15) is 5.75 Å². The Morgan fingerprint density at radius 1 is 1.47 bits per heavy atom. The molecule has 2 rings (SSSR count).